The lowest BCUT2D eigenvalue weighted by Gasteiger charge is -2.14. The third kappa shape index (κ3) is 2.06. The first-order valence-corrected chi connectivity index (χ1v) is 6.83. The molecule has 0 fully saturated rings. The minimum Gasteiger partial charge on any atom is -0.744 e. The van der Waals surface area contributed by atoms with Crippen LogP contribution < -0.4 is 0 Å². The van der Waals surface area contributed by atoms with Crippen LogP contribution in [0.15, 0.2) is 35.2 Å². The zero-order valence-electron chi connectivity index (χ0n) is 9.73. The van der Waals surface area contributed by atoms with E-state index in [1.54, 1.807) is 6.07 Å². The van der Waals surface area contributed by atoms with Crippen molar-refractivity contribution in [2.24, 2.45) is 0 Å². The molecule has 0 aliphatic carbocycles. The van der Waals surface area contributed by atoms with Gasteiger partial charge in [0.05, 0.1) is 4.90 Å². The Hall–Kier alpha value is -1.39. The van der Waals surface area contributed by atoms with Gasteiger partial charge in [0.2, 0.25) is 0 Å². The second-order valence-electron chi connectivity index (χ2n) is 4.03. The molecule has 0 aliphatic heterocycles. The lowest BCUT2D eigenvalue weighted by atomic mass is 9.99. The van der Waals surface area contributed by atoms with Crippen LogP contribution >= 0.6 is 0 Å². The van der Waals surface area contributed by atoms with Gasteiger partial charge in [-0.1, -0.05) is 31.2 Å². The van der Waals surface area contributed by atoms with Crippen LogP contribution in [0.3, 0.4) is 0 Å². The standard InChI is InChI=1S/C13H14O3S/c1-3-10-8-7-9(2)11-5-4-6-12(13(10)11)17(14,15)16/h4-8H,3H2,1-2H3,(H,14,15,16)/p-1. The first kappa shape index (κ1) is 12.1. The molecule has 3 nitrogen and oxygen atoms in total. The van der Waals surface area contributed by atoms with Crippen molar-refractivity contribution in [2.75, 3.05) is 0 Å². The summed E-state index contributed by atoms with van der Waals surface area (Å²) in [6.45, 7) is 3.85. The van der Waals surface area contributed by atoms with Crippen LogP contribution in [0.4, 0.5) is 0 Å². The van der Waals surface area contributed by atoms with Gasteiger partial charge >= 0.3 is 0 Å². The average Bonchev–Trinajstić information content (AvgIpc) is 2.28. The molecule has 4 heteroatoms. The Morgan fingerprint density at radius 1 is 1.18 bits per heavy atom. The summed E-state index contributed by atoms with van der Waals surface area (Å²) in [6, 6.07) is 8.66. The molecule has 2 aromatic rings. The van der Waals surface area contributed by atoms with E-state index in [4.69, 9.17) is 0 Å². The zero-order chi connectivity index (χ0) is 12.6. The summed E-state index contributed by atoms with van der Waals surface area (Å²) in [5.41, 5.74) is 1.86. The summed E-state index contributed by atoms with van der Waals surface area (Å²) < 4.78 is 33.8. The van der Waals surface area contributed by atoms with Gasteiger partial charge in [-0.25, -0.2) is 8.42 Å². The molecule has 17 heavy (non-hydrogen) atoms. The maximum Gasteiger partial charge on any atom is 0.125 e. The van der Waals surface area contributed by atoms with Gasteiger partial charge in [-0.3, -0.25) is 0 Å². The van der Waals surface area contributed by atoms with Crippen LogP contribution in [-0.4, -0.2) is 13.0 Å². The van der Waals surface area contributed by atoms with Crippen molar-refractivity contribution in [3.05, 3.63) is 41.5 Å². The third-order valence-corrected chi connectivity index (χ3v) is 3.84. The molecule has 0 spiro atoms. The predicted octanol–water partition coefficient (Wildman–Crippen LogP) is 2.61. The van der Waals surface area contributed by atoms with E-state index in [9.17, 15) is 13.0 Å². The minimum atomic E-state index is -4.43. The van der Waals surface area contributed by atoms with Gasteiger partial charge in [0.1, 0.15) is 10.1 Å². The molecule has 0 saturated heterocycles. The summed E-state index contributed by atoms with van der Waals surface area (Å²) in [7, 11) is -4.43. The van der Waals surface area contributed by atoms with Gasteiger partial charge in [0.25, 0.3) is 0 Å². The Kier molecular flexibility index (Phi) is 2.93. The van der Waals surface area contributed by atoms with Crippen LogP contribution in [-0.2, 0) is 16.5 Å². The molecule has 0 bridgehead atoms. The van der Waals surface area contributed by atoms with E-state index in [0.717, 1.165) is 16.5 Å². The molecule has 0 N–H and O–H groups in total. The molecule has 0 aliphatic rings. The maximum atomic E-state index is 11.3. The van der Waals surface area contributed by atoms with Crippen molar-refractivity contribution in [2.45, 2.75) is 25.2 Å². The van der Waals surface area contributed by atoms with E-state index in [1.165, 1.54) is 6.07 Å². The number of aryl methyl sites for hydroxylation is 2. The van der Waals surface area contributed by atoms with Crippen molar-refractivity contribution < 1.29 is 13.0 Å². The van der Waals surface area contributed by atoms with E-state index >= 15 is 0 Å². The highest BCUT2D eigenvalue weighted by Gasteiger charge is 2.11. The number of hydrogen-bond donors (Lipinski definition) is 0. The monoisotopic (exact) mass is 249 g/mol. The summed E-state index contributed by atoms with van der Waals surface area (Å²) in [5, 5.41) is 1.41. The lowest BCUT2D eigenvalue weighted by molar-refractivity contribution is 0.464. The largest absolute Gasteiger partial charge is 0.744 e. The average molecular weight is 249 g/mol. The molecule has 0 atom stereocenters. The second kappa shape index (κ2) is 4.13. The van der Waals surface area contributed by atoms with Gasteiger partial charge in [0.15, 0.2) is 0 Å². The van der Waals surface area contributed by atoms with Crippen molar-refractivity contribution in [1.29, 1.82) is 0 Å². The quantitative estimate of drug-likeness (QED) is 0.769. The smallest absolute Gasteiger partial charge is 0.125 e. The number of benzene rings is 2. The van der Waals surface area contributed by atoms with Gasteiger partial charge in [-0.15, -0.1) is 0 Å². The van der Waals surface area contributed by atoms with E-state index in [0.29, 0.717) is 11.8 Å². The Bertz CT molecular complexity index is 672. The van der Waals surface area contributed by atoms with E-state index in [2.05, 4.69) is 0 Å². The van der Waals surface area contributed by atoms with E-state index < -0.39 is 10.1 Å². The fraction of sp³-hybridized carbons (Fsp3) is 0.231. The summed E-state index contributed by atoms with van der Waals surface area (Å²) >= 11 is 0. The maximum absolute atomic E-state index is 11.3. The van der Waals surface area contributed by atoms with Gasteiger partial charge < -0.3 is 4.55 Å². The van der Waals surface area contributed by atoms with Crippen LogP contribution in [0.1, 0.15) is 18.1 Å². The molecular weight excluding hydrogens is 236 g/mol. The van der Waals surface area contributed by atoms with Crippen molar-refractivity contribution in [1.82, 2.24) is 0 Å². The topological polar surface area (TPSA) is 57.2 Å². The highest BCUT2D eigenvalue weighted by Crippen LogP contribution is 2.29. The Labute approximate surface area is 101 Å². The van der Waals surface area contributed by atoms with Crippen LogP contribution in [0, 0.1) is 6.92 Å². The summed E-state index contributed by atoms with van der Waals surface area (Å²) in [5.74, 6) is 0. The van der Waals surface area contributed by atoms with Crippen LogP contribution in [0.2, 0.25) is 0 Å². The molecule has 0 amide bonds. The van der Waals surface area contributed by atoms with Crippen molar-refractivity contribution in [3.8, 4) is 0 Å². The Morgan fingerprint density at radius 3 is 2.47 bits per heavy atom. The number of hydrogen-bond acceptors (Lipinski definition) is 3. The molecule has 0 radical (unpaired) electrons. The van der Waals surface area contributed by atoms with E-state index in [1.807, 2.05) is 32.0 Å². The second-order valence-corrected chi connectivity index (χ2v) is 5.38. The molecule has 0 saturated carbocycles. The molecule has 0 aromatic heterocycles. The summed E-state index contributed by atoms with van der Waals surface area (Å²) in [4.78, 5) is -0.115. The fourth-order valence-electron chi connectivity index (χ4n) is 2.09. The molecular formula is C13H13O3S-. The lowest BCUT2D eigenvalue weighted by Crippen LogP contribution is -2.01. The first-order valence-electron chi connectivity index (χ1n) is 5.42. The molecule has 0 heterocycles. The molecule has 0 unspecified atom stereocenters. The highest BCUT2D eigenvalue weighted by atomic mass is 32.2. The molecule has 90 valence electrons. The highest BCUT2D eigenvalue weighted by molar-refractivity contribution is 7.86. The third-order valence-electron chi connectivity index (χ3n) is 2.96. The first-order chi connectivity index (χ1) is 7.95. The van der Waals surface area contributed by atoms with Gasteiger partial charge in [0, 0.05) is 5.39 Å². The van der Waals surface area contributed by atoms with Crippen LogP contribution in [0.25, 0.3) is 10.8 Å². The Morgan fingerprint density at radius 2 is 1.88 bits per heavy atom. The predicted molar refractivity (Wildman–Crippen MR) is 66.0 cm³/mol. The summed E-state index contributed by atoms with van der Waals surface area (Å²) in [6.07, 6.45) is 0.698. The SMILES string of the molecule is CCc1ccc(C)c2cccc(S(=O)(=O)[O-])c12. The zero-order valence-corrected chi connectivity index (χ0v) is 10.5. The number of fused-ring (bicyclic) bond motifs is 1. The van der Waals surface area contributed by atoms with Crippen LogP contribution in [0.5, 0.6) is 0 Å². The normalized spacial score (nSPS) is 11.9. The minimum absolute atomic E-state index is 0.115. The molecule has 2 rings (SSSR count). The van der Waals surface area contributed by atoms with Crippen molar-refractivity contribution >= 4 is 20.9 Å². The van der Waals surface area contributed by atoms with Gasteiger partial charge in [-0.2, -0.15) is 0 Å². The van der Waals surface area contributed by atoms with Crippen molar-refractivity contribution in [3.63, 3.8) is 0 Å². The molecule has 2 aromatic carbocycles. The van der Waals surface area contributed by atoms with E-state index in [-0.39, 0.29) is 4.90 Å². The van der Waals surface area contributed by atoms with Gasteiger partial charge in [-0.05, 0) is 35.9 Å². The Balaban J connectivity index is 3.01. The number of rotatable bonds is 2. The fourth-order valence-corrected chi connectivity index (χ4v) is 2.83.